The third-order valence-electron chi connectivity index (χ3n) is 11.2. The molecule has 0 amide bonds. The van der Waals surface area contributed by atoms with Crippen LogP contribution in [0.1, 0.15) is 0 Å². The molecule has 0 aliphatic carbocycles. The van der Waals surface area contributed by atoms with Gasteiger partial charge in [0.2, 0.25) is 0 Å². The Morgan fingerprint density at radius 2 is 0.911 bits per heavy atom. The molecule has 0 saturated carbocycles. The van der Waals surface area contributed by atoms with Crippen LogP contribution in [-0.2, 0) is 0 Å². The summed E-state index contributed by atoms with van der Waals surface area (Å²) in [4.78, 5) is 2.38. The summed E-state index contributed by atoms with van der Waals surface area (Å²) >= 11 is 0. The Bertz CT molecular complexity index is 3240. The zero-order valence-electron chi connectivity index (χ0n) is 30.6. The molecule has 1 aromatic heterocycles. The Morgan fingerprint density at radius 1 is 0.304 bits per heavy atom. The molecule has 0 atom stereocenters. The highest BCUT2D eigenvalue weighted by molar-refractivity contribution is 6.20. The highest BCUT2D eigenvalue weighted by Crippen LogP contribution is 2.43. The van der Waals surface area contributed by atoms with Crippen molar-refractivity contribution in [1.29, 1.82) is 0 Å². The van der Waals surface area contributed by atoms with Gasteiger partial charge in [-0.3, -0.25) is 0 Å². The van der Waals surface area contributed by atoms with E-state index in [1.54, 1.807) is 0 Å². The van der Waals surface area contributed by atoms with E-state index in [0.29, 0.717) is 0 Å². The van der Waals surface area contributed by atoms with Crippen LogP contribution in [0.2, 0.25) is 0 Å². The van der Waals surface area contributed by atoms with Crippen LogP contribution < -0.4 is 4.90 Å². The second kappa shape index (κ2) is 13.2. The summed E-state index contributed by atoms with van der Waals surface area (Å²) in [6.45, 7) is 0. The van der Waals surface area contributed by atoms with Gasteiger partial charge in [-0.2, -0.15) is 0 Å². The average Bonchev–Trinajstić information content (AvgIpc) is 3.65. The third kappa shape index (κ3) is 5.42. The Kier molecular flexibility index (Phi) is 7.53. The van der Waals surface area contributed by atoms with Crippen molar-refractivity contribution in [3.05, 3.63) is 212 Å². The lowest BCUT2D eigenvalue weighted by Gasteiger charge is -2.28. The molecule has 11 aromatic rings. The van der Waals surface area contributed by atoms with Crippen molar-refractivity contribution < 1.29 is 4.42 Å². The number of benzene rings is 10. The van der Waals surface area contributed by atoms with Crippen molar-refractivity contribution in [3.8, 4) is 33.4 Å². The minimum Gasteiger partial charge on any atom is -0.456 e. The van der Waals surface area contributed by atoms with Crippen LogP contribution in [0.3, 0.4) is 0 Å². The van der Waals surface area contributed by atoms with E-state index in [1.807, 2.05) is 12.1 Å². The van der Waals surface area contributed by atoms with Gasteiger partial charge in [0.05, 0.1) is 5.69 Å². The van der Waals surface area contributed by atoms with Gasteiger partial charge in [0.1, 0.15) is 11.2 Å². The Hall–Kier alpha value is -7.42. The number of anilines is 3. The lowest BCUT2D eigenvalue weighted by molar-refractivity contribution is 0.669. The van der Waals surface area contributed by atoms with Crippen LogP contribution in [0, 0.1) is 0 Å². The molecule has 56 heavy (non-hydrogen) atoms. The molecule has 0 spiro atoms. The smallest absolute Gasteiger partial charge is 0.136 e. The van der Waals surface area contributed by atoms with Gasteiger partial charge >= 0.3 is 0 Å². The van der Waals surface area contributed by atoms with Crippen LogP contribution in [0.5, 0.6) is 0 Å². The molecule has 262 valence electrons. The second-order valence-electron chi connectivity index (χ2n) is 14.5. The van der Waals surface area contributed by atoms with Crippen molar-refractivity contribution in [2.24, 2.45) is 0 Å². The first-order valence-corrected chi connectivity index (χ1v) is 19.2. The molecular weight excluding hydrogens is 679 g/mol. The van der Waals surface area contributed by atoms with Gasteiger partial charge in [-0.15, -0.1) is 0 Å². The maximum absolute atomic E-state index is 6.30. The van der Waals surface area contributed by atoms with Crippen molar-refractivity contribution in [3.63, 3.8) is 0 Å². The Balaban J connectivity index is 1.04. The molecule has 0 unspecified atom stereocenters. The fourth-order valence-corrected chi connectivity index (χ4v) is 8.50. The number of rotatable bonds is 6. The van der Waals surface area contributed by atoms with Crippen molar-refractivity contribution in [2.75, 3.05) is 4.90 Å². The molecule has 11 rings (SSSR count). The van der Waals surface area contributed by atoms with E-state index in [9.17, 15) is 0 Å². The molecule has 2 nitrogen and oxygen atoms in total. The number of nitrogens with zero attached hydrogens (tertiary/aromatic N) is 1. The van der Waals surface area contributed by atoms with Crippen LogP contribution in [-0.4, -0.2) is 0 Å². The normalized spacial score (nSPS) is 11.6. The SMILES string of the molecule is c1ccc(-c2ccccc2N(c2ccc(-c3ccc4ccc5ccc6ccccc6c5c4c3)cc2)c2cccc(-c3ccc4c(c3)oc3ccccc34)c2)cc1. The summed E-state index contributed by atoms with van der Waals surface area (Å²) in [6, 6.07) is 76.6. The van der Waals surface area contributed by atoms with Gasteiger partial charge < -0.3 is 9.32 Å². The molecule has 0 aliphatic rings. The molecule has 0 saturated heterocycles. The topological polar surface area (TPSA) is 16.4 Å². The number of para-hydroxylation sites is 2. The molecule has 1 heterocycles. The summed E-state index contributed by atoms with van der Waals surface area (Å²) in [5.41, 5.74) is 12.0. The fourth-order valence-electron chi connectivity index (χ4n) is 8.50. The summed E-state index contributed by atoms with van der Waals surface area (Å²) < 4.78 is 6.30. The van der Waals surface area contributed by atoms with Gasteiger partial charge in [0.25, 0.3) is 0 Å². The predicted molar refractivity (Wildman–Crippen MR) is 237 cm³/mol. The summed E-state index contributed by atoms with van der Waals surface area (Å²) in [6.07, 6.45) is 0. The summed E-state index contributed by atoms with van der Waals surface area (Å²) in [5.74, 6) is 0. The predicted octanol–water partition coefficient (Wildman–Crippen LogP) is 15.5. The minimum absolute atomic E-state index is 0.894. The second-order valence-corrected chi connectivity index (χ2v) is 14.5. The van der Waals surface area contributed by atoms with E-state index >= 15 is 0 Å². The third-order valence-corrected chi connectivity index (χ3v) is 11.2. The van der Waals surface area contributed by atoms with Crippen molar-refractivity contribution >= 4 is 71.3 Å². The van der Waals surface area contributed by atoms with E-state index in [4.69, 9.17) is 4.42 Å². The van der Waals surface area contributed by atoms with Crippen LogP contribution in [0.15, 0.2) is 217 Å². The highest BCUT2D eigenvalue weighted by Gasteiger charge is 2.19. The number of fused-ring (bicyclic) bond motifs is 8. The minimum atomic E-state index is 0.894. The molecule has 0 bridgehead atoms. The number of furan rings is 1. The van der Waals surface area contributed by atoms with Gasteiger partial charge in [-0.1, -0.05) is 158 Å². The molecule has 0 fully saturated rings. The molecule has 0 N–H and O–H groups in total. The molecule has 0 aliphatic heterocycles. The first kappa shape index (κ1) is 32.0. The standard InChI is InChI=1S/C54H35NO/c1-2-11-37(12-3-1)46-16-6-8-19-51(46)55(45-15-10-14-41(33-45)43-29-32-49-48-18-7-9-20-52(48)56-53(49)35-43)44-30-27-36(28-31-44)42-26-23-39-22-25-40-24-21-38-13-4-5-17-47(38)54(40)50(39)34-42/h1-35H. The molecular formula is C54H35NO. The lowest BCUT2D eigenvalue weighted by Crippen LogP contribution is -2.11. The Morgan fingerprint density at radius 3 is 1.79 bits per heavy atom. The molecule has 10 aromatic carbocycles. The quantitative estimate of drug-likeness (QED) is 0.160. The number of hydrogen-bond acceptors (Lipinski definition) is 2. The average molecular weight is 714 g/mol. The summed E-state index contributed by atoms with van der Waals surface area (Å²) in [7, 11) is 0. The largest absolute Gasteiger partial charge is 0.456 e. The van der Waals surface area contributed by atoms with Gasteiger partial charge in [0, 0.05) is 27.7 Å². The van der Waals surface area contributed by atoms with E-state index < -0.39 is 0 Å². The lowest BCUT2D eigenvalue weighted by atomic mass is 9.94. The first-order chi connectivity index (χ1) is 27.7. The van der Waals surface area contributed by atoms with Gasteiger partial charge in [-0.05, 0) is 115 Å². The van der Waals surface area contributed by atoms with Crippen molar-refractivity contribution in [2.45, 2.75) is 0 Å². The van der Waals surface area contributed by atoms with E-state index in [2.05, 4.69) is 205 Å². The van der Waals surface area contributed by atoms with Crippen LogP contribution >= 0.6 is 0 Å². The maximum Gasteiger partial charge on any atom is 0.136 e. The van der Waals surface area contributed by atoms with E-state index in [1.165, 1.54) is 54.6 Å². The number of hydrogen-bond donors (Lipinski definition) is 0. The zero-order chi connectivity index (χ0) is 37.0. The van der Waals surface area contributed by atoms with Gasteiger partial charge in [0.15, 0.2) is 0 Å². The summed E-state index contributed by atoms with van der Waals surface area (Å²) in [5, 5.41) is 9.91. The monoisotopic (exact) mass is 713 g/mol. The van der Waals surface area contributed by atoms with E-state index in [-0.39, 0.29) is 0 Å². The van der Waals surface area contributed by atoms with Crippen LogP contribution in [0.25, 0.3) is 87.6 Å². The van der Waals surface area contributed by atoms with Crippen molar-refractivity contribution in [1.82, 2.24) is 0 Å². The maximum atomic E-state index is 6.30. The zero-order valence-corrected chi connectivity index (χ0v) is 30.6. The van der Waals surface area contributed by atoms with Gasteiger partial charge in [-0.25, -0.2) is 0 Å². The van der Waals surface area contributed by atoms with Crippen LogP contribution in [0.4, 0.5) is 17.1 Å². The highest BCUT2D eigenvalue weighted by atomic mass is 16.3. The Labute approximate surface area is 325 Å². The molecule has 0 radical (unpaired) electrons. The first-order valence-electron chi connectivity index (χ1n) is 19.2. The molecule has 2 heteroatoms. The fraction of sp³-hybridized carbons (Fsp3) is 0. The van der Waals surface area contributed by atoms with E-state index in [0.717, 1.165) is 50.1 Å².